The Morgan fingerprint density at radius 3 is 1.84 bits per heavy atom. The van der Waals surface area contributed by atoms with E-state index in [4.69, 9.17) is 29.0 Å². The van der Waals surface area contributed by atoms with Crippen LogP contribution in [0.25, 0.3) is 0 Å². The molecule has 0 fully saturated rings. The highest BCUT2D eigenvalue weighted by molar-refractivity contribution is 9.09. The largest absolute Gasteiger partial charge is 0.322 e. The lowest BCUT2D eigenvalue weighted by molar-refractivity contribution is -0.128. The van der Waals surface area contributed by atoms with Gasteiger partial charge in [0.2, 0.25) is 0 Å². The summed E-state index contributed by atoms with van der Waals surface area (Å²) < 4.78 is 0. The molecule has 0 saturated heterocycles. The number of hydrogen-bond acceptors (Lipinski definition) is 6. The van der Waals surface area contributed by atoms with Crippen molar-refractivity contribution in [3.05, 3.63) is 0 Å². The standard InChI is InChI=1S/C5H8N2O2.C3H3Br.C2H6N2O2/c1-2-3-6-4-5(8)7-9;1-2-3-4;3-1-2(5)4-6/h1,6,9H,3-4H2,(H,7,8);1H,3H2;6H,1,3H2,(H,4,5). The summed E-state index contributed by atoms with van der Waals surface area (Å²) in [7, 11) is 0. The van der Waals surface area contributed by atoms with E-state index >= 15 is 0 Å². The molecule has 19 heavy (non-hydrogen) atoms. The number of alkyl halides is 1. The maximum atomic E-state index is 10.2. The molecule has 0 radical (unpaired) electrons. The Balaban J connectivity index is -0.000000222. The molecular weight excluding hydrogens is 320 g/mol. The highest BCUT2D eigenvalue weighted by atomic mass is 79.9. The molecule has 0 aromatic rings. The minimum atomic E-state index is -0.574. The molecule has 0 saturated carbocycles. The minimum Gasteiger partial charge on any atom is -0.322 e. The molecule has 2 amide bonds. The van der Waals surface area contributed by atoms with E-state index in [0.29, 0.717) is 11.9 Å². The molecule has 9 heteroatoms. The number of terminal acetylenes is 2. The average molecular weight is 337 g/mol. The topological polar surface area (TPSA) is 137 Å². The normalized spacial score (nSPS) is 7.26. The van der Waals surface area contributed by atoms with Gasteiger partial charge in [-0.15, -0.1) is 12.8 Å². The number of halogens is 1. The predicted octanol–water partition coefficient (Wildman–Crippen LogP) is -1.82. The molecule has 0 spiro atoms. The molecule has 0 unspecified atom stereocenters. The van der Waals surface area contributed by atoms with Crippen LogP contribution in [0.15, 0.2) is 0 Å². The summed E-state index contributed by atoms with van der Waals surface area (Å²) in [5, 5.41) is 18.8. The molecule has 0 heterocycles. The first-order valence-corrected chi connectivity index (χ1v) is 5.85. The number of amides is 2. The molecular formula is C10H17BrN4O4. The maximum Gasteiger partial charge on any atom is 0.257 e. The zero-order chi connectivity index (χ0) is 15.5. The minimum absolute atomic E-state index is 0.0424. The number of nitrogens with one attached hydrogen (secondary N) is 3. The first-order chi connectivity index (χ1) is 9.03. The summed E-state index contributed by atoms with van der Waals surface area (Å²) in [4.78, 5) is 19.9. The van der Waals surface area contributed by atoms with Crippen LogP contribution < -0.4 is 22.0 Å². The monoisotopic (exact) mass is 336 g/mol. The van der Waals surface area contributed by atoms with Crippen molar-refractivity contribution in [3.63, 3.8) is 0 Å². The Bertz CT molecular complexity index is 306. The average Bonchev–Trinajstić information content (AvgIpc) is 2.47. The van der Waals surface area contributed by atoms with Gasteiger partial charge in [0.05, 0.1) is 25.0 Å². The summed E-state index contributed by atoms with van der Waals surface area (Å²) in [5.41, 5.74) is 7.52. The van der Waals surface area contributed by atoms with E-state index in [0.717, 1.165) is 0 Å². The Hall–Kier alpha value is -1.62. The van der Waals surface area contributed by atoms with Gasteiger partial charge in [0.1, 0.15) is 0 Å². The van der Waals surface area contributed by atoms with Gasteiger partial charge in [0.25, 0.3) is 11.8 Å². The van der Waals surface area contributed by atoms with Crippen molar-refractivity contribution in [2.45, 2.75) is 0 Å². The lowest BCUT2D eigenvalue weighted by Crippen LogP contribution is -2.31. The van der Waals surface area contributed by atoms with Crippen molar-refractivity contribution in [2.75, 3.05) is 25.0 Å². The highest BCUT2D eigenvalue weighted by Gasteiger charge is 1.93. The van der Waals surface area contributed by atoms with Gasteiger partial charge in [-0.05, 0) is 0 Å². The van der Waals surface area contributed by atoms with E-state index in [1.165, 1.54) is 11.0 Å². The molecule has 8 nitrogen and oxygen atoms in total. The second kappa shape index (κ2) is 21.6. The van der Waals surface area contributed by atoms with Crippen LogP contribution in [0.2, 0.25) is 0 Å². The number of rotatable bonds is 4. The van der Waals surface area contributed by atoms with Crippen molar-refractivity contribution in [1.82, 2.24) is 16.3 Å². The molecule has 108 valence electrons. The zero-order valence-electron chi connectivity index (χ0n) is 10.1. The van der Waals surface area contributed by atoms with Crippen LogP contribution in [0.5, 0.6) is 0 Å². The van der Waals surface area contributed by atoms with E-state index in [1.807, 2.05) is 0 Å². The third-order valence-electron chi connectivity index (χ3n) is 1.02. The lowest BCUT2D eigenvalue weighted by Gasteiger charge is -1.95. The fourth-order valence-corrected chi connectivity index (χ4v) is 0.333. The van der Waals surface area contributed by atoms with Crippen LogP contribution in [0.3, 0.4) is 0 Å². The Labute approximate surface area is 120 Å². The van der Waals surface area contributed by atoms with Gasteiger partial charge in [-0.25, -0.2) is 11.0 Å². The lowest BCUT2D eigenvalue weighted by atomic mass is 10.6. The van der Waals surface area contributed by atoms with Crippen molar-refractivity contribution in [2.24, 2.45) is 5.73 Å². The quantitative estimate of drug-likeness (QED) is 0.117. The van der Waals surface area contributed by atoms with Crippen molar-refractivity contribution in [3.8, 4) is 24.7 Å². The first-order valence-electron chi connectivity index (χ1n) is 4.73. The van der Waals surface area contributed by atoms with Crippen LogP contribution in [-0.4, -0.2) is 47.2 Å². The molecule has 0 aromatic carbocycles. The Morgan fingerprint density at radius 2 is 1.63 bits per heavy atom. The number of nitrogens with two attached hydrogens (primary N) is 1. The summed E-state index contributed by atoms with van der Waals surface area (Å²) in [6, 6.07) is 0. The van der Waals surface area contributed by atoms with Gasteiger partial charge < -0.3 is 5.73 Å². The summed E-state index contributed by atoms with van der Waals surface area (Å²) in [6.07, 6.45) is 9.58. The van der Waals surface area contributed by atoms with E-state index in [-0.39, 0.29) is 13.1 Å². The second-order valence-corrected chi connectivity index (χ2v) is 2.98. The van der Waals surface area contributed by atoms with Gasteiger partial charge in [-0.2, -0.15) is 0 Å². The van der Waals surface area contributed by atoms with Crippen LogP contribution in [0, 0.1) is 24.7 Å². The number of carbonyl (C=O) groups is 2. The molecule has 0 aromatic heterocycles. The van der Waals surface area contributed by atoms with Crippen LogP contribution in [0.1, 0.15) is 0 Å². The smallest absolute Gasteiger partial charge is 0.257 e. The van der Waals surface area contributed by atoms with E-state index in [2.05, 4.69) is 33.1 Å². The molecule has 0 aliphatic carbocycles. The maximum absolute atomic E-state index is 10.2. The Kier molecular flexibility index (Phi) is 25.7. The fraction of sp³-hybridized carbons (Fsp3) is 0.400. The number of hydroxylamine groups is 2. The first kappa shape index (κ1) is 22.6. The van der Waals surface area contributed by atoms with Crippen LogP contribution >= 0.6 is 15.9 Å². The molecule has 0 aliphatic heterocycles. The molecule has 0 aliphatic rings. The van der Waals surface area contributed by atoms with Gasteiger partial charge in [0, 0.05) is 0 Å². The summed E-state index contributed by atoms with van der Waals surface area (Å²) in [5.74, 6) is 3.55. The summed E-state index contributed by atoms with van der Waals surface area (Å²) >= 11 is 3.01. The number of hydrogen-bond donors (Lipinski definition) is 6. The Morgan fingerprint density at radius 1 is 1.16 bits per heavy atom. The van der Waals surface area contributed by atoms with E-state index < -0.39 is 11.8 Å². The third kappa shape index (κ3) is 31.4. The molecule has 0 atom stereocenters. The summed E-state index contributed by atoms with van der Waals surface area (Å²) in [6.45, 7) is 0.199. The second-order valence-electron chi connectivity index (χ2n) is 2.42. The van der Waals surface area contributed by atoms with Gasteiger partial charge in [-0.1, -0.05) is 27.8 Å². The van der Waals surface area contributed by atoms with Crippen molar-refractivity contribution >= 4 is 27.7 Å². The van der Waals surface area contributed by atoms with E-state index in [1.54, 1.807) is 0 Å². The number of carbonyl (C=O) groups excluding carboxylic acids is 2. The SMILES string of the molecule is C#CCBr.C#CCNCC(=O)NO.NCC(=O)NO. The third-order valence-corrected chi connectivity index (χ3v) is 1.35. The van der Waals surface area contributed by atoms with Crippen molar-refractivity contribution in [1.29, 1.82) is 0 Å². The van der Waals surface area contributed by atoms with Crippen LogP contribution in [-0.2, 0) is 9.59 Å². The molecule has 7 N–H and O–H groups in total. The van der Waals surface area contributed by atoms with E-state index in [9.17, 15) is 9.59 Å². The molecule has 0 bridgehead atoms. The highest BCUT2D eigenvalue weighted by Crippen LogP contribution is 1.68. The molecule has 0 rings (SSSR count). The van der Waals surface area contributed by atoms with Gasteiger partial charge in [-0.3, -0.25) is 25.3 Å². The zero-order valence-corrected chi connectivity index (χ0v) is 11.7. The van der Waals surface area contributed by atoms with Crippen LogP contribution in [0.4, 0.5) is 0 Å². The van der Waals surface area contributed by atoms with Gasteiger partial charge >= 0.3 is 0 Å². The van der Waals surface area contributed by atoms with Crippen molar-refractivity contribution < 1.29 is 20.0 Å². The predicted molar refractivity (Wildman–Crippen MR) is 73.2 cm³/mol. The fourth-order valence-electron chi connectivity index (χ4n) is 0.333. The van der Waals surface area contributed by atoms with Gasteiger partial charge in [0.15, 0.2) is 0 Å².